The summed E-state index contributed by atoms with van der Waals surface area (Å²) in [5, 5.41) is 18.3. The van der Waals surface area contributed by atoms with Gasteiger partial charge in [0.15, 0.2) is 0 Å². The average molecular weight is 1830 g/mol. The Labute approximate surface area is 799 Å². The molecule has 0 radical (unpaired) electrons. The predicted molar refractivity (Wildman–Crippen MR) is 535 cm³/mol. The molecule has 0 aliphatic heterocycles. The minimum absolute atomic E-state index is 0.0394. The molecule has 0 aromatic heterocycles. The Morgan fingerprint density at radius 3 is 0.985 bits per heavy atom. The second-order valence-corrected chi connectivity index (χ2v) is 34.2. The number of carbonyl (C=O) groups excluding carboxylic acids is 3. The van der Waals surface area contributed by atoms with Crippen molar-refractivity contribution in [2.75, 3.05) is 146 Å². The van der Waals surface area contributed by atoms with Crippen molar-refractivity contribution < 1.29 is 86.2 Å². The van der Waals surface area contributed by atoms with E-state index in [1.54, 1.807) is 27.0 Å². The first-order chi connectivity index (χ1) is 66.5. The SMILES string of the molecule is CCOC(=O)c1cc(C2(c3ccc(COCCOCCOCCO)c(CC)c3)c3cc(-c4ccccc4)ccc3-c3cc(C)c(-c4ccc(-c5cc(C)c(-c6ccc(-c7cc8c(cc7C)-c7ccc(-c9ccccc9)cc7C8(c7ccc(COCCOCCOCCO)c(CC)c7)c7ccc(C(=O)OCC)c(C(=O)OCC)c7)cc6)cc5C)cc4)cc32)ccc1OCCOCCOCCOC. The van der Waals surface area contributed by atoms with Gasteiger partial charge in [-0.15, -0.1) is 0 Å². The highest BCUT2D eigenvalue weighted by molar-refractivity contribution is 6.04. The molecule has 0 bridgehead atoms. The van der Waals surface area contributed by atoms with Crippen LogP contribution in [0, 0.1) is 27.7 Å². The molecule has 136 heavy (non-hydrogen) atoms. The van der Waals surface area contributed by atoms with Crippen LogP contribution in [0.25, 0.3) is 89.0 Å². The number of esters is 3. The zero-order chi connectivity index (χ0) is 95.1. The van der Waals surface area contributed by atoms with E-state index < -0.39 is 28.7 Å². The van der Waals surface area contributed by atoms with Crippen LogP contribution in [-0.2, 0) is 93.7 Å². The van der Waals surface area contributed by atoms with Crippen LogP contribution in [0.1, 0.15) is 155 Å². The van der Waals surface area contributed by atoms with Gasteiger partial charge in [0.2, 0.25) is 0 Å². The number of ether oxygens (including phenoxy) is 13. The highest BCUT2D eigenvalue weighted by Gasteiger charge is 2.50. The first-order valence-corrected chi connectivity index (χ1v) is 47.6. The Bertz CT molecular complexity index is 6300. The lowest BCUT2D eigenvalue weighted by atomic mass is 9.66. The summed E-state index contributed by atoms with van der Waals surface area (Å²) in [6.45, 7) is 25.3. The van der Waals surface area contributed by atoms with Gasteiger partial charge in [0.05, 0.1) is 167 Å². The summed E-state index contributed by atoms with van der Waals surface area (Å²) in [6.07, 6.45) is 1.41. The normalized spacial score (nSPS) is 14.0. The predicted octanol–water partition coefficient (Wildman–Crippen LogP) is 22.4. The number of aliphatic hydroxyl groups is 2. The van der Waals surface area contributed by atoms with E-state index in [1.165, 1.54) is 0 Å². The van der Waals surface area contributed by atoms with E-state index in [9.17, 15) is 19.5 Å². The van der Waals surface area contributed by atoms with Crippen LogP contribution < -0.4 is 4.74 Å². The first-order valence-electron chi connectivity index (χ1n) is 47.6. The number of fused-ring (bicyclic) bond motifs is 6. The van der Waals surface area contributed by atoms with Crippen LogP contribution in [0.5, 0.6) is 5.75 Å². The Morgan fingerprint density at radius 2 is 0.588 bits per heavy atom. The number of methoxy groups -OCH3 is 1. The molecule has 13 aromatic carbocycles. The summed E-state index contributed by atoms with van der Waals surface area (Å²) in [4.78, 5) is 43.2. The third-order valence-corrected chi connectivity index (χ3v) is 25.9. The van der Waals surface area contributed by atoms with Gasteiger partial charge >= 0.3 is 17.9 Å². The second-order valence-electron chi connectivity index (χ2n) is 34.2. The maximum Gasteiger partial charge on any atom is 0.341 e. The summed E-state index contributed by atoms with van der Waals surface area (Å²) in [5.74, 6) is -1.35. The van der Waals surface area contributed by atoms with Crippen LogP contribution >= 0.6 is 0 Å². The van der Waals surface area contributed by atoms with Crippen molar-refractivity contribution in [3.8, 4) is 94.8 Å². The lowest BCUT2D eigenvalue weighted by Crippen LogP contribution is -2.30. The molecule has 2 aliphatic rings. The molecule has 0 saturated carbocycles. The molecule has 13 aromatic rings. The van der Waals surface area contributed by atoms with E-state index in [4.69, 9.17) is 66.7 Å². The zero-order valence-electron chi connectivity index (χ0n) is 79.9. The van der Waals surface area contributed by atoms with Crippen molar-refractivity contribution in [1.29, 1.82) is 0 Å². The molecule has 2 atom stereocenters. The van der Waals surface area contributed by atoms with Gasteiger partial charge in [0.25, 0.3) is 0 Å². The Balaban J connectivity index is 0.790. The second kappa shape index (κ2) is 46.9. The van der Waals surface area contributed by atoms with Crippen molar-refractivity contribution in [2.45, 2.75) is 99.2 Å². The number of aliphatic hydroxyl groups excluding tert-OH is 2. The van der Waals surface area contributed by atoms with Crippen molar-refractivity contribution in [3.05, 3.63) is 360 Å². The van der Waals surface area contributed by atoms with Gasteiger partial charge in [-0.1, -0.05) is 220 Å². The lowest BCUT2D eigenvalue weighted by molar-refractivity contribution is 0.00442. The van der Waals surface area contributed by atoms with Gasteiger partial charge in [0.1, 0.15) is 17.9 Å². The Hall–Kier alpha value is -12.4. The van der Waals surface area contributed by atoms with Gasteiger partial charge in [-0.25, -0.2) is 14.4 Å². The molecule has 15 rings (SSSR count). The van der Waals surface area contributed by atoms with Gasteiger partial charge < -0.3 is 71.8 Å². The Kier molecular flexibility index (Phi) is 33.9. The van der Waals surface area contributed by atoms with Crippen LogP contribution in [-0.4, -0.2) is 174 Å². The maximum absolute atomic E-state index is 14.7. The summed E-state index contributed by atoms with van der Waals surface area (Å²) < 4.78 is 75.6. The van der Waals surface area contributed by atoms with Gasteiger partial charge in [-0.3, -0.25) is 0 Å². The van der Waals surface area contributed by atoms with Crippen molar-refractivity contribution in [3.63, 3.8) is 0 Å². The Morgan fingerprint density at radius 1 is 0.265 bits per heavy atom. The number of rotatable bonds is 48. The van der Waals surface area contributed by atoms with E-state index in [2.05, 4.69) is 254 Å². The van der Waals surface area contributed by atoms with Crippen LogP contribution in [0.15, 0.2) is 255 Å². The number of aryl methyl sites for hydroxylation is 6. The molecule has 0 saturated heterocycles. The molecule has 704 valence electrons. The molecule has 0 fully saturated rings. The van der Waals surface area contributed by atoms with Crippen molar-refractivity contribution in [1.82, 2.24) is 0 Å². The zero-order valence-corrected chi connectivity index (χ0v) is 79.9. The molecular formula is C118H124O18. The number of hydrogen-bond acceptors (Lipinski definition) is 18. The van der Waals surface area contributed by atoms with Gasteiger partial charge in [-0.2, -0.15) is 0 Å². The van der Waals surface area contributed by atoms with E-state index in [-0.39, 0.29) is 70.6 Å². The number of benzene rings is 13. The molecule has 0 amide bonds. The summed E-state index contributed by atoms with van der Waals surface area (Å²) in [5.41, 5.74) is 32.0. The first kappa shape index (κ1) is 98.2. The molecule has 0 heterocycles. The highest BCUT2D eigenvalue weighted by Crippen LogP contribution is 2.61. The van der Waals surface area contributed by atoms with Crippen molar-refractivity contribution >= 4 is 17.9 Å². The fourth-order valence-electron chi connectivity index (χ4n) is 19.4. The van der Waals surface area contributed by atoms with Gasteiger partial charge in [0, 0.05) is 7.11 Å². The molecule has 2 aliphatic carbocycles. The lowest BCUT2D eigenvalue weighted by Gasteiger charge is -2.35. The molecule has 0 spiro atoms. The van der Waals surface area contributed by atoms with E-state index >= 15 is 0 Å². The number of carbonyl (C=O) groups is 3. The van der Waals surface area contributed by atoms with E-state index in [0.29, 0.717) is 117 Å². The summed E-state index contributed by atoms with van der Waals surface area (Å²) in [6, 6.07) is 91.4. The largest absolute Gasteiger partial charge is 0.490 e. The number of hydrogen-bond donors (Lipinski definition) is 2. The molecule has 18 heteroatoms. The highest BCUT2D eigenvalue weighted by atomic mass is 16.6. The molecular weight excluding hydrogens is 1710 g/mol. The molecule has 18 nitrogen and oxygen atoms in total. The minimum Gasteiger partial charge on any atom is -0.490 e. The topological polar surface area (TPSA) is 212 Å². The monoisotopic (exact) mass is 1830 g/mol. The third-order valence-electron chi connectivity index (χ3n) is 25.9. The fraction of sp³-hybridized carbons (Fsp3) is 0.314. The van der Waals surface area contributed by atoms with Gasteiger partial charge in [-0.05, 0) is 288 Å². The standard InChI is InChI=1S/C118H124O18/c1-11-82-68-94(38-34-92(82)76-131-60-58-128-54-52-125-48-46-119)117(96-40-44-100(114(121)133-13-3)107(72-96)115(122)134-14-4)109-70-90(84-22-18-16-19-23-84)36-42-98(109)105-66-80(8)103(74-111(105)117)88-30-26-86(27-31-88)101-64-79(7)102(65-78(101)6)87-28-32-89(33-29-87)104-75-112-106(67-81(104)9)99-43-37-91(85-24-20-17-21-25-85)71-110(99)118(112,95-39-35-93(83(12-2)69-95)77-132-61-59-129-55-53-126-49-47-120)97-41-45-113(108(73-97)116(123)135-15-5)136-63-62-130-57-56-127-51-50-124-10/h16-45,64-75,119-120H,11-15,46-63,76-77H2,1-10H3. The summed E-state index contributed by atoms with van der Waals surface area (Å²) in [7, 11) is 1.64. The molecule has 2 N–H and O–H groups in total. The summed E-state index contributed by atoms with van der Waals surface area (Å²) >= 11 is 0. The maximum atomic E-state index is 14.7. The van der Waals surface area contributed by atoms with E-state index in [1.807, 2.05) is 43.3 Å². The molecule has 2 unspecified atom stereocenters. The smallest absolute Gasteiger partial charge is 0.341 e. The minimum atomic E-state index is -1.08. The third kappa shape index (κ3) is 21.4. The fourth-order valence-corrected chi connectivity index (χ4v) is 19.4. The van der Waals surface area contributed by atoms with Crippen LogP contribution in [0.2, 0.25) is 0 Å². The average Bonchev–Trinajstić information content (AvgIpc) is 1.53. The van der Waals surface area contributed by atoms with Crippen LogP contribution in [0.4, 0.5) is 0 Å². The van der Waals surface area contributed by atoms with Crippen molar-refractivity contribution in [2.24, 2.45) is 0 Å². The van der Waals surface area contributed by atoms with E-state index in [0.717, 1.165) is 178 Å². The quantitative estimate of drug-likeness (QED) is 0.0206. The van der Waals surface area contributed by atoms with Crippen LogP contribution in [0.3, 0.4) is 0 Å².